The molecule has 0 aliphatic carbocycles. The second-order valence-corrected chi connectivity index (χ2v) is 5.50. The molecule has 0 saturated heterocycles. The van der Waals surface area contributed by atoms with Crippen molar-refractivity contribution in [2.24, 2.45) is 7.05 Å². The van der Waals surface area contributed by atoms with Crippen molar-refractivity contribution in [3.8, 4) is 0 Å². The average Bonchev–Trinajstić information content (AvgIpc) is 3.26. The third-order valence-electron chi connectivity index (χ3n) is 3.82. The quantitative estimate of drug-likeness (QED) is 0.557. The van der Waals surface area contributed by atoms with E-state index < -0.39 is 11.7 Å². The van der Waals surface area contributed by atoms with Crippen LogP contribution in [0.25, 0.3) is 0 Å². The summed E-state index contributed by atoms with van der Waals surface area (Å²) in [5.74, 6) is -1.18. The van der Waals surface area contributed by atoms with E-state index in [9.17, 15) is 9.59 Å². The number of nitrogens with one attached hydrogen (secondary N) is 1. The SMILES string of the molecule is Cn1cccc1C(=O)C(=O)NC(Cn1cccn1)c1ccccc1. The standard InChI is InChI=1S/C18H18N4O2/c1-21-11-5-9-16(21)17(23)18(24)20-15(13-22-12-6-10-19-22)14-7-3-2-4-8-14/h2-12,15H,13H2,1H3,(H,20,24). The number of nitrogens with zero attached hydrogens (tertiary/aromatic N) is 3. The predicted molar refractivity (Wildman–Crippen MR) is 89.3 cm³/mol. The molecule has 0 spiro atoms. The summed E-state index contributed by atoms with van der Waals surface area (Å²) in [6.07, 6.45) is 5.24. The molecule has 2 heterocycles. The fraction of sp³-hybridized carbons (Fsp3) is 0.167. The number of hydrogen-bond acceptors (Lipinski definition) is 3. The molecule has 1 atom stereocenters. The summed E-state index contributed by atoms with van der Waals surface area (Å²) in [5.41, 5.74) is 1.28. The summed E-state index contributed by atoms with van der Waals surface area (Å²) < 4.78 is 3.36. The lowest BCUT2D eigenvalue weighted by Gasteiger charge is -2.19. The molecular formula is C18H18N4O2. The number of rotatable bonds is 6. The Balaban J connectivity index is 1.80. The summed E-state index contributed by atoms with van der Waals surface area (Å²) in [6, 6.07) is 14.4. The van der Waals surface area contributed by atoms with E-state index in [2.05, 4.69) is 10.4 Å². The van der Waals surface area contributed by atoms with E-state index in [1.807, 2.05) is 42.6 Å². The maximum Gasteiger partial charge on any atom is 0.294 e. The summed E-state index contributed by atoms with van der Waals surface area (Å²) in [6.45, 7) is 0.448. The van der Waals surface area contributed by atoms with E-state index in [0.717, 1.165) is 5.56 Å². The molecule has 0 bridgehead atoms. The Labute approximate surface area is 139 Å². The predicted octanol–water partition coefficient (Wildman–Crippen LogP) is 1.96. The van der Waals surface area contributed by atoms with Gasteiger partial charge in [0.1, 0.15) is 0 Å². The van der Waals surface area contributed by atoms with Crippen molar-refractivity contribution in [2.45, 2.75) is 12.6 Å². The van der Waals surface area contributed by atoms with Crippen LogP contribution < -0.4 is 5.32 Å². The Hall–Kier alpha value is -3.15. The largest absolute Gasteiger partial charge is 0.348 e. The van der Waals surface area contributed by atoms with E-state index in [-0.39, 0.29) is 6.04 Å². The van der Waals surface area contributed by atoms with Crippen LogP contribution in [0.15, 0.2) is 67.1 Å². The molecule has 6 heteroatoms. The van der Waals surface area contributed by atoms with Gasteiger partial charge in [0.05, 0.1) is 18.3 Å². The maximum absolute atomic E-state index is 12.4. The van der Waals surface area contributed by atoms with Crippen LogP contribution in [-0.4, -0.2) is 26.0 Å². The molecule has 0 aliphatic rings. The third-order valence-corrected chi connectivity index (χ3v) is 3.82. The summed E-state index contributed by atoms with van der Waals surface area (Å²) in [5, 5.41) is 7.00. The highest BCUT2D eigenvalue weighted by Crippen LogP contribution is 2.15. The Morgan fingerprint density at radius 3 is 2.50 bits per heavy atom. The number of ketones is 1. The van der Waals surface area contributed by atoms with Gasteiger partial charge in [0.15, 0.2) is 0 Å². The van der Waals surface area contributed by atoms with Crippen LogP contribution in [0, 0.1) is 0 Å². The van der Waals surface area contributed by atoms with Crippen LogP contribution in [0.5, 0.6) is 0 Å². The molecule has 0 saturated carbocycles. The first-order valence-electron chi connectivity index (χ1n) is 7.64. The molecule has 1 aromatic carbocycles. The molecular weight excluding hydrogens is 304 g/mol. The molecule has 1 amide bonds. The van der Waals surface area contributed by atoms with Crippen molar-refractivity contribution in [2.75, 3.05) is 0 Å². The number of aromatic nitrogens is 3. The van der Waals surface area contributed by atoms with Gasteiger partial charge < -0.3 is 9.88 Å². The van der Waals surface area contributed by atoms with Gasteiger partial charge in [-0.15, -0.1) is 0 Å². The normalized spacial score (nSPS) is 11.9. The van der Waals surface area contributed by atoms with Crippen molar-refractivity contribution >= 4 is 11.7 Å². The Kier molecular flexibility index (Phi) is 4.56. The molecule has 1 N–H and O–H groups in total. The number of carbonyl (C=O) groups is 2. The first-order valence-corrected chi connectivity index (χ1v) is 7.64. The Morgan fingerprint density at radius 2 is 1.88 bits per heavy atom. The zero-order chi connectivity index (χ0) is 16.9. The summed E-state index contributed by atoms with van der Waals surface area (Å²) in [7, 11) is 1.74. The molecule has 0 radical (unpaired) electrons. The highest BCUT2D eigenvalue weighted by molar-refractivity contribution is 6.42. The molecule has 3 aromatic rings. The molecule has 6 nitrogen and oxygen atoms in total. The van der Waals surface area contributed by atoms with Gasteiger partial charge in [-0.05, 0) is 23.8 Å². The number of hydrogen-bond donors (Lipinski definition) is 1. The molecule has 3 rings (SSSR count). The second kappa shape index (κ2) is 6.95. The van der Waals surface area contributed by atoms with Crippen LogP contribution in [0.1, 0.15) is 22.1 Å². The number of benzene rings is 1. The summed E-state index contributed by atoms with van der Waals surface area (Å²) in [4.78, 5) is 24.7. The van der Waals surface area contributed by atoms with Crippen molar-refractivity contribution in [1.29, 1.82) is 0 Å². The number of aryl methyl sites for hydroxylation is 1. The van der Waals surface area contributed by atoms with Gasteiger partial charge in [0.25, 0.3) is 11.7 Å². The first kappa shape index (κ1) is 15.7. The number of carbonyl (C=O) groups excluding carboxylic acids is 2. The van der Waals surface area contributed by atoms with Crippen molar-refractivity contribution in [1.82, 2.24) is 19.7 Å². The van der Waals surface area contributed by atoms with Crippen molar-refractivity contribution in [3.05, 3.63) is 78.4 Å². The minimum Gasteiger partial charge on any atom is -0.348 e. The Morgan fingerprint density at radius 1 is 1.08 bits per heavy atom. The minimum atomic E-state index is -0.627. The van der Waals surface area contributed by atoms with Gasteiger partial charge >= 0.3 is 0 Å². The Bertz CT molecular complexity index is 822. The first-order chi connectivity index (χ1) is 11.6. The molecule has 0 aliphatic heterocycles. The third kappa shape index (κ3) is 3.43. The highest BCUT2D eigenvalue weighted by Gasteiger charge is 2.23. The van der Waals surface area contributed by atoms with Gasteiger partial charge in [0.2, 0.25) is 0 Å². The molecule has 122 valence electrons. The lowest BCUT2D eigenvalue weighted by Crippen LogP contribution is -2.37. The second-order valence-electron chi connectivity index (χ2n) is 5.50. The van der Waals surface area contributed by atoms with Gasteiger partial charge in [-0.25, -0.2) is 0 Å². The van der Waals surface area contributed by atoms with Gasteiger partial charge in [-0.1, -0.05) is 30.3 Å². The number of Topliss-reactive ketones (excluding diaryl/α,β-unsaturated/α-hetero) is 1. The lowest BCUT2D eigenvalue weighted by molar-refractivity contribution is -0.117. The van der Waals surface area contributed by atoms with E-state index in [1.54, 1.807) is 40.8 Å². The van der Waals surface area contributed by atoms with E-state index in [0.29, 0.717) is 12.2 Å². The van der Waals surface area contributed by atoms with Gasteiger partial charge in [0, 0.05) is 25.6 Å². The minimum absolute atomic E-state index is 0.345. The smallest absolute Gasteiger partial charge is 0.294 e. The van der Waals surface area contributed by atoms with Crippen LogP contribution in [0.4, 0.5) is 0 Å². The van der Waals surface area contributed by atoms with E-state index >= 15 is 0 Å². The van der Waals surface area contributed by atoms with Gasteiger partial charge in [-0.3, -0.25) is 14.3 Å². The molecule has 0 fully saturated rings. The van der Waals surface area contributed by atoms with E-state index in [1.165, 1.54) is 0 Å². The monoisotopic (exact) mass is 322 g/mol. The highest BCUT2D eigenvalue weighted by atomic mass is 16.2. The molecule has 1 unspecified atom stereocenters. The molecule has 2 aromatic heterocycles. The average molecular weight is 322 g/mol. The maximum atomic E-state index is 12.4. The van der Waals surface area contributed by atoms with E-state index in [4.69, 9.17) is 0 Å². The van der Waals surface area contributed by atoms with Crippen LogP contribution in [-0.2, 0) is 18.4 Å². The zero-order valence-corrected chi connectivity index (χ0v) is 13.3. The molecule has 24 heavy (non-hydrogen) atoms. The van der Waals surface area contributed by atoms with Crippen molar-refractivity contribution < 1.29 is 9.59 Å². The number of amides is 1. The van der Waals surface area contributed by atoms with Crippen LogP contribution >= 0.6 is 0 Å². The fourth-order valence-electron chi connectivity index (χ4n) is 2.55. The van der Waals surface area contributed by atoms with Gasteiger partial charge in [-0.2, -0.15) is 5.10 Å². The topological polar surface area (TPSA) is 68.9 Å². The zero-order valence-electron chi connectivity index (χ0n) is 13.3. The summed E-state index contributed by atoms with van der Waals surface area (Å²) >= 11 is 0. The van der Waals surface area contributed by atoms with Crippen LogP contribution in [0.3, 0.4) is 0 Å². The lowest BCUT2D eigenvalue weighted by atomic mass is 10.1. The fourth-order valence-corrected chi connectivity index (χ4v) is 2.55. The van der Waals surface area contributed by atoms with Crippen molar-refractivity contribution in [3.63, 3.8) is 0 Å². The van der Waals surface area contributed by atoms with Crippen LogP contribution in [0.2, 0.25) is 0 Å².